The zero-order chi connectivity index (χ0) is 20.7. The maximum absolute atomic E-state index is 12.5. The van der Waals surface area contributed by atoms with E-state index in [4.69, 9.17) is 0 Å². The van der Waals surface area contributed by atoms with Crippen LogP contribution in [0.2, 0.25) is 0 Å². The van der Waals surface area contributed by atoms with Crippen molar-refractivity contribution >= 4 is 58.9 Å². The Morgan fingerprint density at radius 1 is 1.18 bits per heavy atom. The van der Waals surface area contributed by atoms with Crippen LogP contribution >= 0.6 is 15.9 Å². The number of nitrogens with zero attached hydrogens (tertiary/aromatic N) is 4. The number of fused-ring (bicyclic) bond motifs is 1. The first-order valence-corrected chi connectivity index (χ1v) is 12.1. The van der Waals surface area contributed by atoms with Crippen molar-refractivity contribution in [2.75, 3.05) is 21.5 Å². The molecular formula is C15H14BrN5O5S2. The second-order valence-electron chi connectivity index (χ2n) is 5.79. The molecule has 0 aliphatic heterocycles. The molecule has 3 rings (SSSR count). The molecule has 1 aromatic carbocycles. The normalized spacial score (nSPS) is 12.1. The molecule has 28 heavy (non-hydrogen) atoms. The third-order valence-corrected chi connectivity index (χ3v) is 7.39. The summed E-state index contributed by atoms with van der Waals surface area (Å²) >= 11 is 3.16. The van der Waals surface area contributed by atoms with Crippen LogP contribution in [-0.2, 0) is 20.0 Å². The Hall–Kier alpha value is -2.51. The van der Waals surface area contributed by atoms with Gasteiger partial charge in [-0.2, -0.15) is 8.81 Å². The van der Waals surface area contributed by atoms with Crippen LogP contribution < -0.4 is 9.03 Å². The Morgan fingerprint density at radius 3 is 2.46 bits per heavy atom. The lowest BCUT2D eigenvalue weighted by molar-refractivity contribution is 0.102. The molecule has 0 bridgehead atoms. The second-order valence-corrected chi connectivity index (χ2v) is 10.5. The molecular weight excluding hydrogens is 474 g/mol. The lowest BCUT2D eigenvalue weighted by atomic mass is 10.2. The summed E-state index contributed by atoms with van der Waals surface area (Å²) in [5.74, 6) is -0.476. The Kier molecular flexibility index (Phi) is 5.16. The van der Waals surface area contributed by atoms with Crippen LogP contribution in [0, 0.1) is 0 Å². The molecule has 3 aromatic rings. The summed E-state index contributed by atoms with van der Waals surface area (Å²) in [4.78, 5) is 16.6. The third-order valence-electron chi connectivity index (χ3n) is 3.53. The molecule has 1 amide bonds. The smallest absolute Gasteiger partial charge is 0.261 e. The zero-order valence-corrected chi connectivity index (χ0v) is 17.8. The topological polar surface area (TPSA) is 131 Å². The van der Waals surface area contributed by atoms with Gasteiger partial charge in [-0.25, -0.2) is 26.3 Å². The van der Waals surface area contributed by atoms with E-state index in [2.05, 4.69) is 31.3 Å². The number of amides is 1. The molecule has 0 aliphatic rings. The number of anilines is 2. The molecule has 148 valence electrons. The van der Waals surface area contributed by atoms with Gasteiger partial charge >= 0.3 is 0 Å². The van der Waals surface area contributed by atoms with Gasteiger partial charge in [0.2, 0.25) is 20.0 Å². The molecule has 0 saturated carbocycles. The third kappa shape index (κ3) is 4.00. The first kappa shape index (κ1) is 20.2. The first-order valence-electron chi connectivity index (χ1n) is 7.58. The predicted molar refractivity (Wildman–Crippen MR) is 107 cm³/mol. The quantitative estimate of drug-likeness (QED) is 0.576. The molecule has 0 atom stereocenters. The van der Waals surface area contributed by atoms with Gasteiger partial charge in [-0.3, -0.25) is 4.79 Å². The molecule has 13 heteroatoms. The fraction of sp³-hybridized carbons (Fsp3) is 0.133. The number of nitrogens with one attached hydrogen (secondary N) is 1. The highest BCUT2D eigenvalue weighted by Gasteiger charge is 2.29. The number of hydrogen-bond acceptors (Lipinski definition) is 7. The zero-order valence-electron chi connectivity index (χ0n) is 14.6. The number of carbonyl (C=O) groups is 1. The van der Waals surface area contributed by atoms with Crippen molar-refractivity contribution in [2.24, 2.45) is 0 Å². The van der Waals surface area contributed by atoms with Crippen molar-refractivity contribution in [2.45, 2.75) is 0 Å². The monoisotopic (exact) mass is 487 g/mol. The highest BCUT2D eigenvalue weighted by Crippen LogP contribution is 2.32. The van der Waals surface area contributed by atoms with Crippen molar-refractivity contribution < 1.29 is 21.6 Å². The molecule has 0 spiro atoms. The molecule has 0 aliphatic carbocycles. The molecule has 1 N–H and O–H groups in total. The van der Waals surface area contributed by atoms with Gasteiger partial charge in [0.05, 0.1) is 24.4 Å². The van der Waals surface area contributed by atoms with Crippen molar-refractivity contribution in [3.8, 4) is 0 Å². The molecule has 2 heterocycles. The standard InChI is InChI=1S/C15H14BrN5O5S2/c1-27(23,24)21(28(2,25)26)13-5-4-10(8-12(13)16)19-15(22)11-9-18-20-7-3-6-17-14(11)20/h3-9H,1-2H3,(H,19,22). The molecule has 0 saturated heterocycles. The van der Waals surface area contributed by atoms with Crippen LogP contribution in [0.3, 0.4) is 0 Å². The van der Waals surface area contributed by atoms with E-state index in [0.717, 1.165) is 12.5 Å². The minimum absolute atomic E-state index is 0.0966. The summed E-state index contributed by atoms with van der Waals surface area (Å²) in [5, 5.41) is 6.68. The number of halogens is 1. The number of carbonyl (C=O) groups excluding carboxylic acids is 1. The van der Waals surface area contributed by atoms with Gasteiger partial charge in [-0.15, -0.1) is 0 Å². The van der Waals surface area contributed by atoms with Crippen LogP contribution in [0.5, 0.6) is 0 Å². The average Bonchev–Trinajstić information content (AvgIpc) is 2.99. The van der Waals surface area contributed by atoms with E-state index in [-0.39, 0.29) is 15.7 Å². The van der Waals surface area contributed by atoms with E-state index >= 15 is 0 Å². The Balaban J connectivity index is 1.93. The highest BCUT2D eigenvalue weighted by atomic mass is 79.9. The summed E-state index contributed by atoms with van der Waals surface area (Å²) in [6.07, 6.45) is 6.12. The molecule has 10 nitrogen and oxygen atoms in total. The summed E-state index contributed by atoms with van der Waals surface area (Å²) in [6.45, 7) is 0. The number of sulfonamides is 2. The van der Waals surface area contributed by atoms with E-state index < -0.39 is 26.0 Å². The minimum Gasteiger partial charge on any atom is -0.322 e. The lowest BCUT2D eigenvalue weighted by Gasteiger charge is -2.21. The van der Waals surface area contributed by atoms with Gasteiger partial charge in [-0.1, -0.05) is 0 Å². The maximum atomic E-state index is 12.5. The van der Waals surface area contributed by atoms with E-state index in [1.54, 1.807) is 12.3 Å². The molecule has 0 fully saturated rings. The van der Waals surface area contributed by atoms with Gasteiger partial charge in [-0.05, 0) is 40.2 Å². The number of benzene rings is 1. The van der Waals surface area contributed by atoms with Crippen molar-refractivity contribution in [1.82, 2.24) is 14.6 Å². The Morgan fingerprint density at radius 2 is 1.86 bits per heavy atom. The van der Waals surface area contributed by atoms with Crippen LogP contribution in [0.15, 0.2) is 47.3 Å². The van der Waals surface area contributed by atoms with Gasteiger partial charge in [0, 0.05) is 22.6 Å². The Labute approximate surface area is 169 Å². The van der Waals surface area contributed by atoms with Crippen molar-refractivity contribution in [3.63, 3.8) is 0 Å². The summed E-state index contributed by atoms with van der Waals surface area (Å²) < 4.78 is 49.6. The first-order chi connectivity index (χ1) is 13.0. The maximum Gasteiger partial charge on any atom is 0.261 e. The number of rotatable bonds is 5. The van der Waals surface area contributed by atoms with E-state index in [0.29, 0.717) is 15.0 Å². The van der Waals surface area contributed by atoms with Crippen LogP contribution in [0.1, 0.15) is 10.4 Å². The predicted octanol–water partition coefficient (Wildman–Crippen LogP) is 1.47. The van der Waals surface area contributed by atoms with Gasteiger partial charge in [0.1, 0.15) is 5.56 Å². The van der Waals surface area contributed by atoms with Gasteiger partial charge < -0.3 is 5.32 Å². The molecule has 2 aromatic heterocycles. The average molecular weight is 488 g/mol. The fourth-order valence-corrected chi connectivity index (χ4v) is 6.31. The van der Waals surface area contributed by atoms with Crippen molar-refractivity contribution in [1.29, 1.82) is 0 Å². The summed E-state index contributed by atoms with van der Waals surface area (Å²) in [7, 11) is -8.17. The Bertz CT molecular complexity index is 1260. The number of aromatic nitrogens is 3. The van der Waals surface area contributed by atoms with E-state index in [1.807, 2.05) is 0 Å². The van der Waals surface area contributed by atoms with Crippen LogP contribution in [-0.4, -0.2) is 49.9 Å². The van der Waals surface area contributed by atoms with Crippen molar-refractivity contribution in [3.05, 3.63) is 52.9 Å². The lowest BCUT2D eigenvalue weighted by Crippen LogP contribution is -2.35. The van der Waals surface area contributed by atoms with Crippen LogP contribution in [0.25, 0.3) is 5.65 Å². The highest BCUT2D eigenvalue weighted by molar-refractivity contribution is 9.10. The minimum atomic E-state index is -4.09. The molecule has 0 radical (unpaired) electrons. The number of hydrogen-bond donors (Lipinski definition) is 1. The summed E-state index contributed by atoms with van der Waals surface area (Å²) in [6, 6.07) is 5.74. The van der Waals surface area contributed by atoms with Gasteiger partial charge in [0.25, 0.3) is 5.91 Å². The van der Waals surface area contributed by atoms with Gasteiger partial charge in [0.15, 0.2) is 5.65 Å². The summed E-state index contributed by atoms with van der Waals surface area (Å²) in [5.41, 5.74) is 0.837. The van der Waals surface area contributed by atoms with E-state index in [1.165, 1.54) is 35.1 Å². The SMILES string of the molecule is CS(=O)(=O)N(c1ccc(NC(=O)c2cnn3cccnc23)cc1Br)S(C)(=O)=O. The second kappa shape index (κ2) is 7.14. The fourth-order valence-electron chi connectivity index (χ4n) is 2.52. The van der Waals surface area contributed by atoms with E-state index in [9.17, 15) is 21.6 Å². The van der Waals surface area contributed by atoms with Crippen LogP contribution in [0.4, 0.5) is 11.4 Å². The largest absolute Gasteiger partial charge is 0.322 e. The molecule has 0 unspecified atom stereocenters.